The van der Waals surface area contributed by atoms with Crippen LogP contribution in [0.3, 0.4) is 0 Å². The van der Waals surface area contributed by atoms with Gasteiger partial charge in [-0.15, -0.1) is 0 Å². The third-order valence-electron chi connectivity index (χ3n) is 3.82. The van der Waals surface area contributed by atoms with E-state index in [1.54, 1.807) is 0 Å². The van der Waals surface area contributed by atoms with Gasteiger partial charge in [0.2, 0.25) is 0 Å². The Hall–Kier alpha value is -0.0800. The third kappa shape index (κ3) is 4.12. The molecule has 1 fully saturated rings. The van der Waals surface area contributed by atoms with Crippen LogP contribution in [0.2, 0.25) is 0 Å². The van der Waals surface area contributed by atoms with E-state index in [1.165, 1.54) is 19.3 Å². The molecule has 1 aliphatic rings. The summed E-state index contributed by atoms with van der Waals surface area (Å²) in [6.07, 6.45) is 5.87. The zero-order valence-corrected chi connectivity index (χ0v) is 10.8. The summed E-state index contributed by atoms with van der Waals surface area (Å²) in [4.78, 5) is 0. The maximum Gasteiger partial charge on any atom is 0.0700 e. The first-order valence-corrected chi connectivity index (χ1v) is 6.47. The van der Waals surface area contributed by atoms with Crippen molar-refractivity contribution >= 4 is 0 Å². The molecule has 0 amide bonds. The van der Waals surface area contributed by atoms with Gasteiger partial charge in [-0.1, -0.05) is 20.8 Å². The Bertz CT molecular complexity index is 172. The number of hydrogen-bond donors (Lipinski definition) is 1. The van der Waals surface area contributed by atoms with Crippen LogP contribution < -0.4 is 5.32 Å². The van der Waals surface area contributed by atoms with E-state index >= 15 is 0 Å². The molecule has 0 aliphatic heterocycles. The minimum atomic E-state index is 0.403. The molecule has 4 atom stereocenters. The Labute approximate surface area is 94.8 Å². The molecule has 0 heterocycles. The first kappa shape index (κ1) is 13.0. The minimum absolute atomic E-state index is 0.403. The second-order valence-electron chi connectivity index (χ2n) is 5.11. The van der Waals surface area contributed by atoms with Crippen LogP contribution >= 0.6 is 0 Å². The van der Waals surface area contributed by atoms with Crippen molar-refractivity contribution in [3.05, 3.63) is 0 Å². The first-order valence-electron chi connectivity index (χ1n) is 6.47. The lowest BCUT2D eigenvalue weighted by Crippen LogP contribution is -2.34. The molecule has 0 radical (unpaired) electrons. The van der Waals surface area contributed by atoms with Gasteiger partial charge in [0.05, 0.1) is 12.2 Å². The van der Waals surface area contributed by atoms with Crippen molar-refractivity contribution in [2.75, 3.05) is 13.6 Å². The fourth-order valence-electron chi connectivity index (χ4n) is 2.41. The molecule has 90 valence electrons. The van der Waals surface area contributed by atoms with E-state index in [0.717, 1.165) is 24.8 Å². The second kappa shape index (κ2) is 6.49. The summed E-state index contributed by atoms with van der Waals surface area (Å²) >= 11 is 0. The molecule has 0 spiro atoms. The second-order valence-corrected chi connectivity index (χ2v) is 5.11. The SMILES string of the molecule is CCC(CNC)OC1CCC(C)C(C)C1. The standard InChI is InChI=1S/C13H27NO/c1-5-12(9-14-4)15-13-7-6-10(2)11(3)8-13/h10-14H,5-9H2,1-4H3. The number of nitrogens with one attached hydrogen (secondary N) is 1. The van der Waals surface area contributed by atoms with Gasteiger partial charge in [0.25, 0.3) is 0 Å². The lowest BCUT2D eigenvalue weighted by atomic mass is 9.80. The summed E-state index contributed by atoms with van der Waals surface area (Å²) in [5.41, 5.74) is 0. The van der Waals surface area contributed by atoms with Crippen molar-refractivity contribution in [3.8, 4) is 0 Å². The zero-order chi connectivity index (χ0) is 11.3. The Morgan fingerprint density at radius 3 is 2.53 bits per heavy atom. The minimum Gasteiger partial charge on any atom is -0.374 e. The van der Waals surface area contributed by atoms with Gasteiger partial charge in [0, 0.05) is 6.54 Å². The Morgan fingerprint density at radius 1 is 1.27 bits per heavy atom. The van der Waals surface area contributed by atoms with Gasteiger partial charge >= 0.3 is 0 Å². The van der Waals surface area contributed by atoms with E-state index in [0.29, 0.717) is 12.2 Å². The molecule has 15 heavy (non-hydrogen) atoms. The highest BCUT2D eigenvalue weighted by molar-refractivity contribution is 4.77. The molecular formula is C13H27NO. The van der Waals surface area contributed by atoms with Crippen LogP contribution in [-0.2, 0) is 4.74 Å². The predicted octanol–water partition coefficient (Wildman–Crippen LogP) is 2.83. The molecule has 0 aromatic heterocycles. The fraction of sp³-hybridized carbons (Fsp3) is 1.00. The summed E-state index contributed by atoms with van der Waals surface area (Å²) in [5, 5.41) is 3.20. The Balaban J connectivity index is 2.31. The highest BCUT2D eigenvalue weighted by atomic mass is 16.5. The maximum absolute atomic E-state index is 6.14. The van der Waals surface area contributed by atoms with Crippen LogP contribution in [0.4, 0.5) is 0 Å². The normalized spacial score (nSPS) is 34.0. The largest absolute Gasteiger partial charge is 0.374 e. The van der Waals surface area contributed by atoms with E-state index < -0.39 is 0 Å². The lowest BCUT2D eigenvalue weighted by molar-refractivity contribution is -0.0467. The van der Waals surface area contributed by atoms with Crippen LogP contribution in [0, 0.1) is 11.8 Å². The molecule has 0 bridgehead atoms. The average molecular weight is 213 g/mol. The zero-order valence-electron chi connectivity index (χ0n) is 10.8. The van der Waals surface area contributed by atoms with Crippen LogP contribution in [0.15, 0.2) is 0 Å². The number of likely N-dealkylation sites (N-methyl/N-ethyl adjacent to an activating group) is 1. The Kier molecular flexibility index (Phi) is 5.62. The van der Waals surface area contributed by atoms with Crippen molar-refractivity contribution in [3.63, 3.8) is 0 Å². The number of ether oxygens (including phenoxy) is 1. The quantitative estimate of drug-likeness (QED) is 0.758. The van der Waals surface area contributed by atoms with Crippen LogP contribution in [-0.4, -0.2) is 25.8 Å². The highest BCUT2D eigenvalue weighted by Crippen LogP contribution is 2.31. The van der Waals surface area contributed by atoms with Gasteiger partial charge in [-0.05, 0) is 44.6 Å². The summed E-state index contributed by atoms with van der Waals surface area (Å²) in [7, 11) is 2.00. The summed E-state index contributed by atoms with van der Waals surface area (Å²) in [6.45, 7) is 7.92. The molecule has 0 saturated heterocycles. The number of hydrogen-bond acceptors (Lipinski definition) is 2. The smallest absolute Gasteiger partial charge is 0.0700 e. The summed E-state index contributed by atoms with van der Waals surface area (Å²) < 4.78 is 6.14. The fourth-order valence-corrected chi connectivity index (χ4v) is 2.41. The highest BCUT2D eigenvalue weighted by Gasteiger charge is 2.26. The lowest BCUT2D eigenvalue weighted by Gasteiger charge is -2.34. The average Bonchev–Trinajstić information content (AvgIpc) is 2.23. The Morgan fingerprint density at radius 2 is 2.00 bits per heavy atom. The van der Waals surface area contributed by atoms with Crippen LogP contribution in [0.5, 0.6) is 0 Å². The van der Waals surface area contributed by atoms with E-state index in [1.807, 2.05) is 7.05 Å². The molecule has 2 nitrogen and oxygen atoms in total. The van der Waals surface area contributed by atoms with E-state index in [9.17, 15) is 0 Å². The molecule has 1 N–H and O–H groups in total. The van der Waals surface area contributed by atoms with E-state index in [2.05, 4.69) is 26.1 Å². The molecule has 0 aromatic rings. The molecular weight excluding hydrogens is 186 g/mol. The van der Waals surface area contributed by atoms with Crippen molar-refractivity contribution in [2.24, 2.45) is 11.8 Å². The van der Waals surface area contributed by atoms with Gasteiger partial charge in [-0.25, -0.2) is 0 Å². The van der Waals surface area contributed by atoms with Crippen LogP contribution in [0.25, 0.3) is 0 Å². The van der Waals surface area contributed by atoms with Crippen molar-refractivity contribution in [2.45, 2.75) is 58.7 Å². The molecule has 1 saturated carbocycles. The molecule has 0 aromatic carbocycles. The number of rotatable bonds is 5. The first-order chi connectivity index (χ1) is 7.17. The van der Waals surface area contributed by atoms with E-state index in [-0.39, 0.29) is 0 Å². The van der Waals surface area contributed by atoms with Crippen molar-refractivity contribution in [1.29, 1.82) is 0 Å². The molecule has 1 rings (SSSR count). The van der Waals surface area contributed by atoms with Gasteiger partial charge < -0.3 is 10.1 Å². The van der Waals surface area contributed by atoms with Crippen molar-refractivity contribution in [1.82, 2.24) is 5.32 Å². The molecule has 4 unspecified atom stereocenters. The molecule has 1 aliphatic carbocycles. The monoisotopic (exact) mass is 213 g/mol. The van der Waals surface area contributed by atoms with Gasteiger partial charge in [-0.3, -0.25) is 0 Å². The summed E-state index contributed by atoms with van der Waals surface area (Å²) in [5.74, 6) is 1.71. The van der Waals surface area contributed by atoms with Gasteiger partial charge in [0.15, 0.2) is 0 Å². The molecule has 2 heteroatoms. The van der Waals surface area contributed by atoms with Gasteiger partial charge in [-0.2, -0.15) is 0 Å². The van der Waals surface area contributed by atoms with E-state index in [4.69, 9.17) is 4.74 Å². The topological polar surface area (TPSA) is 21.3 Å². The predicted molar refractivity (Wildman–Crippen MR) is 65.1 cm³/mol. The summed E-state index contributed by atoms with van der Waals surface area (Å²) in [6, 6.07) is 0. The third-order valence-corrected chi connectivity index (χ3v) is 3.82. The maximum atomic E-state index is 6.14. The van der Waals surface area contributed by atoms with Crippen molar-refractivity contribution < 1.29 is 4.74 Å². The van der Waals surface area contributed by atoms with Gasteiger partial charge in [0.1, 0.15) is 0 Å². The van der Waals surface area contributed by atoms with Crippen LogP contribution in [0.1, 0.15) is 46.5 Å².